The average molecular weight is 727 g/mol. The van der Waals surface area contributed by atoms with E-state index in [2.05, 4.69) is 20.7 Å². The highest BCUT2D eigenvalue weighted by molar-refractivity contribution is 9.10. The van der Waals surface area contributed by atoms with E-state index in [0.717, 1.165) is 12.1 Å². The van der Waals surface area contributed by atoms with Gasteiger partial charge in [0.05, 0.1) is 6.10 Å². The van der Waals surface area contributed by atoms with Crippen molar-refractivity contribution in [1.29, 1.82) is 0 Å². The molecule has 2 amide bonds. The summed E-state index contributed by atoms with van der Waals surface area (Å²) < 4.78 is 83.5. The van der Waals surface area contributed by atoms with Crippen LogP contribution in [-0.2, 0) is 25.0 Å². The molecule has 252 valence electrons. The maximum atomic E-state index is 16.3. The Labute approximate surface area is 275 Å². The maximum absolute atomic E-state index is 16.3. The number of carbonyl (C=O) groups is 3. The molecule has 3 aromatic carbocycles. The van der Waals surface area contributed by atoms with Crippen LogP contribution in [0.3, 0.4) is 0 Å². The zero-order valence-corrected chi connectivity index (χ0v) is 27.0. The first-order valence-electron chi connectivity index (χ1n) is 15.0. The molecule has 3 N–H and O–H groups in total. The minimum Gasteiger partial charge on any atom is -0.491 e. The summed E-state index contributed by atoms with van der Waals surface area (Å²) in [5.74, 6) is -8.85. The Bertz CT molecular complexity index is 1640. The van der Waals surface area contributed by atoms with E-state index < -0.39 is 59.7 Å². The number of rotatable bonds is 9. The standard InChI is InChI=1S/C33H33BrF5N3O5/c1-17(2)46-26-12-5-18-13-20(4-3-19(18)14-26)27(47-31(45)33(37,38)39)29(43)41-28(32(35,36)21-6-8-22(34)9-7-21)30(44)42-24-10-11-25(42)16-23(40)15-24/h3-9,12-14,17,23-25,27-28H,10-11,15-16,40H2,1-2H3,(H,41,43)/t23?,24?,25?,27-,28+/m0/s1. The highest BCUT2D eigenvalue weighted by Gasteiger charge is 2.54. The molecule has 2 unspecified atom stereocenters. The van der Waals surface area contributed by atoms with Crippen molar-refractivity contribution in [2.75, 3.05) is 0 Å². The van der Waals surface area contributed by atoms with Gasteiger partial charge in [0.15, 0.2) is 6.04 Å². The third kappa shape index (κ3) is 7.53. The molecule has 0 saturated carbocycles. The quantitative estimate of drug-likeness (QED) is 0.198. The first kappa shape index (κ1) is 34.6. The summed E-state index contributed by atoms with van der Waals surface area (Å²) in [6.07, 6.45) is -6.16. The van der Waals surface area contributed by atoms with Gasteiger partial charge in [0.1, 0.15) is 5.75 Å². The molecule has 2 fully saturated rings. The largest absolute Gasteiger partial charge is 0.491 e. The minimum absolute atomic E-state index is 0.135. The van der Waals surface area contributed by atoms with Gasteiger partial charge in [0.25, 0.3) is 11.8 Å². The lowest BCUT2D eigenvalue weighted by atomic mass is 9.94. The van der Waals surface area contributed by atoms with Crippen molar-refractivity contribution in [3.05, 3.63) is 76.3 Å². The second-order valence-electron chi connectivity index (χ2n) is 12.2. The highest BCUT2D eigenvalue weighted by Crippen LogP contribution is 2.40. The van der Waals surface area contributed by atoms with Gasteiger partial charge >= 0.3 is 18.1 Å². The van der Waals surface area contributed by atoms with Crippen molar-refractivity contribution >= 4 is 44.5 Å². The van der Waals surface area contributed by atoms with Gasteiger partial charge in [-0.1, -0.05) is 46.3 Å². The fourth-order valence-electron chi connectivity index (χ4n) is 6.29. The number of hydrogen-bond acceptors (Lipinski definition) is 6. The molecule has 0 spiro atoms. The Morgan fingerprint density at radius 1 is 0.915 bits per heavy atom. The van der Waals surface area contributed by atoms with E-state index in [0.29, 0.717) is 46.7 Å². The van der Waals surface area contributed by atoms with Crippen LogP contribution in [0.1, 0.15) is 56.8 Å². The number of carbonyl (C=O) groups excluding carboxylic acids is 3. The molecule has 5 rings (SSSR count). The topological polar surface area (TPSA) is 111 Å². The summed E-state index contributed by atoms with van der Waals surface area (Å²) in [6, 6.07) is 10.0. The van der Waals surface area contributed by atoms with Crippen LogP contribution in [0.5, 0.6) is 5.75 Å². The first-order chi connectivity index (χ1) is 22.0. The minimum atomic E-state index is -5.50. The SMILES string of the molecule is CC(C)Oc1ccc2cc([C@H](OC(=O)C(F)(F)F)C(=O)N[C@H](C(=O)N3C4CCC3CC(N)C4)C(F)(F)c3ccc(Br)cc3)ccc2c1. The number of amides is 2. The fraction of sp³-hybridized carbons (Fsp3) is 0.424. The van der Waals surface area contributed by atoms with Gasteiger partial charge in [-0.15, -0.1) is 0 Å². The second kappa shape index (κ2) is 13.4. The van der Waals surface area contributed by atoms with Crippen LogP contribution < -0.4 is 15.8 Å². The molecule has 3 aromatic rings. The Balaban J connectivity index is 1.53. The first-order valence-corrected chi connectivity index (χ1v) is 15.8. The van der Waals surface area contributed by atoms with E-state index in [1.807, 2.05) is 19.2 Å². The third-order valence-corrected chi connectivity index (χ3v) is 8.88. The van der Waals surface area contributed by atoms with Crippen molar-refractivity contribution in [1.82, 2.24) is 10.2 Å². The molecule has 4 atom stereocenters. The number of nitrogens with two attached hydrogens (primary N) is 1. The molecule has 47 heavy (non-hydrogen) atoms. The van der Waals surface area contributed by atoms with Crippen molar-refractivity contribution < 1.29 is 45.8 Å². The van der Waals surface area contributed by atoms with Crippen molar-refractivity contribution in [2.45, 2.75) is 88.0 Å². The highest BCUT2D eigenvalue weighted by atomic mass is 79.9. The monoisotopic (exact) mass is 725 g/mol. The lowest BCUT2D eigenvalue weighted by Gasteiger charge is -2.41. The summed E-state index contributed by atoms with van der Waals surface area (Å²) in [4.78, 5) is 41.1. The molecule has 2 aliphatic heterocycles. The van der Waals surface area contributed by atoms with E-state index in [1.54, 1.807) is 18.2 Å². The molecule has 8 nitrogen and oxygen atoms in total. The number of benzene rings is 3. The predicted octanol–water partition coefficient (Wildman–Crippen LogP) is 6.29. The van der Waals surface area contributed by atoms with Crippen molar-refractivity contribution in [3.8, 4) is 5.75 Å². The molecule has 2 aliphatic rings. The van der Waals surface area contributed by atoms with Crippen molar-refractivity contribution in [2.24, 2.45) is 5.73 Å². The van der Waals surface area contributed by atoms with Crippen LogP contribution >= 0.6 is 15.9 Å². The van der Waals surface area contributed by atoms with Gasteiger partial charge < -0.3 is 25.4 Å². The number of ether oxygens (including phenoxy) is 2. The third-order valence-electron chi connectivity index (χ3n) is 8.35. The van der Waals surface area contributed by atoms with Gasteiger partial charge in [0.2, 0.25) is 6.10 Å². The van der Waals surface area contributed by atoms with E-state index in [9.17, 15) is 27.6 Å². The molecular formula is C33H33BrF5N3O5. The molecule has 2 saturated heterocycles. The van der Waals surface area contributed by atoms with Gasteiger partial charge in [-0.25, -0.2) is 4.79 Å². The van der Waals surface area contributed by atoms with E-state index in [1.165, 1.54) is 35.2 Å². The zero-order valence-electron chi connectivity index (χ0n) is 25.4. The van der Waals surface area contributed by atoms with Crippen LogP contribution in [0.25, 0.3) is 10.8 Å². The number of esters is 1. The Morgan fingerprint density at radius 3 is 2.11 bits per heavy atom. The summed E-state index contributed by atoms with van der Waals surface area (Å²) in [5.41, 5.74) is 5.27. The van der Waals surface area contributed by atoms with Gasteiger partial charge in [0, 0.05) is 33.7 Å². The van der Waals surface area contributed by atoms with Crippen molar-refractivity contribution in [3.63, 3.8) is 0 Å². The van der Waals surface area contributed by atoms with Gasteiger partial charge in [-0.2, -0.15) is 22.0 Å². The Hall–Kier alpha value is -3.78. The predicted molar refractivity (Wildman–Crippen MR) is 165 cm³/mol. The summed E-state index contributed by atoms with van der Waals surface area (Å²) in [5, 5.41) is 3.02. The number of fused-ring (bicyclic) bond motifs is 3. The van der Waals surface area contributed by atoms with E-state index >= 15 is 8.78 Å². The number of alkyl halides is 5. The number of piperidine rings is 1. The lowest BCUT2D eigenvalue weighted by molar-refractivity contribution is -0.206. The number of hydrogen-bond donors (Lipinski definition) is 2. The van der Waals surface area contributed by atoms with Crippen LogP contribution in [0.15, 0.2) is 65.1 Å². The van der Waals surface area contributed by atoms with Crippen LogP contribution in [-0.4, -0.2) is 59.1 Å². The number of nitrogens with one attached hydrogen (secondary N) is 1. The second-order valence-corrected chi connectivity index (χ2v) is 13.1. The molecule has 0 aliphatic carbocycles. The van der Waals surface area contributed by atoms with Crippen LogP contribution in [0, 0.1) is 0 Å². The van der Waals surface area contributed by atoms with Crippen LogP contribution in [0.4, 0.5) is 22.0 Å². The zero-order chi connectivity index (χ0) is 34.3. The van der Waals surface area contributed by atoms with E-state index in [4.69, 9.17) is 10.5 Å². The summed E-state index contributed by atoms with van der Waals surface area (Å²) in [7, 11) is 0. The Kier molecular flexibility index (Phi) is 9.84. The van der Waals surface area contributed by atoms with Gasteiger partial charge in [-0.05, 0) is 80.6 Å². The normalized spacial score (nSPS) is 21.0. The van der Waals surface area contributed by atoms with Gasteiger partial charge in [-0.3, -0.25) is 9.59 Å². The molecular weight excluding hydrogens is 693 g/mol. The molecule has 2 heterocycles. The number of halogens is 6. The molecule has 0 radical (unpaired) electrons. The molecule has 2 bridgehead atoms. The molecule has 0 aromatic heterocycles. The fourth-order valence-corrected chi connectivity index (χ4v) is 6.55. The van der Waals surface area contributed by atoms with E-state index in [-0.39, 0.29) is 17.7 Å². The lowest BCUT2D eigenvalue weighted by Crippen LogP contribution is -2.61. The summed E-state index contributed by atoms with van der Waals surface area (Å²) in [6.45, 7) is 3.66. The summed E-state index contributed by atoms with van der Waals surface area (Å²) >= 11 is 3.18. The average Bonchev–Trinajstić information content (AvgIpc) is 3.27. The number of nitrogens with zero attached hydrogens (tertiary/aromatic N) is 1. The maximum Gasteiger partial charge on any atom is 0.490 e. The smallest absolute Gasteiger partial charge is 0.490 e. The Morgan fingerprint density at radius 2 is 1.51 bits per heavy atom. The molecule has 14 heteroatoms. The van der Waals surface area contributed by atoms with Crippen LogP contribution in [0.2, 0.25) is 0 Å².